The topological polar surface area (TPSA) is 45.7 Å². The zero-order valence-electron chi connectivity index (χ0n) is 16.9. The van der Waals surface area contributed by atoms with Crippen molar-refractivity contribution in [1.82, 2.24) is 14.8 Å². The van der Waals surface area contributed by atoms with E-state index in [4.69, 9.17) is 4.74 Å². The van der Waals surface area contributed by atoms with Crippen molar-refractivity contribution in [1.29, 1.82) is 0 Å². The van der Waals surface area contributed by atoms with Crippen LogP contribution in [0.4, 0.5) is 0 Å². The van der Waals surface area contributed by atoms with Gasteiger partial charge in [-0.15, -0.1) is 0 Å². The van der Waals surface area contributed by atoms with Crippen molar-refractivity contribution in [3.8, 4) is 5.75 Å². The van der Waals surface area contributed by atoms with Crippen molar-refractivity contribution >= 4 is 5.91 Å². The van der Waals surface area contributed by atoms with E-state index in [0.29, 0.717) is 0 Å². The lowest BCUT2D eigenvalue weighted by molar-refractivity contribution is 0.0761. The van der Waals surface area contributed by atoms with Gasteiger partial charge in [-0.25, -0.2) is 0 Å². The molecule has 1 atom stereocenters. The predicted octanol–water partition coefficient (Wildman–Crippen LogP) is 3.92. The molecule has 1 amide bonds. The Labute approximate surface area is 173 Å². The van der Waals surface area contributed by atoms with Gasteiger partial charge in [0.15, 0.2) is 0 Å². The van der Waals surface area contributed by atoms with Crippen LogP contribution in [0, 0.1) is 0 Å². The molecule has 29 heavy (non-hydrogen) atoms. The molecule has 1 unspecified atom stereocenters. The van der Waals surface area contributed by atoms with Gasteiger partial charge < -0.3 is 9.64 Å². The number of carbonyl (C=O) groups excluding carboxylic acids is 1. The average Bonchev–Trinajstić information content (AvgIpc) is 3.01. The van der Waals surface area contributed by atoms with Gasteiger partial charge in [-0.1, -0.05) is 12.1 Å². The van der Waals surface area contributed by atoms with Crippen LogP contribution in [0.1, 0.15) is 41.7 Å². The lowest BCUT2D eigenvalue weighted by Crippen LogP contribution is -2.35. The lowest BCUT2D eigenvalue weighted by atomic mass is 10.1. The SMILES string of the molecule is O=C(c1ccc(OC2C=CCCC2)cc1)N1CCCN(Cc2ccccn2)CC1. The second-order valence-electron chi connectivity index (χ2n) is 7.78. The maximum absolute atomic E-state index is 13.0. The van der Waals surface area contributed by atoms with E-state index in [2.05, 4.69) is 28.1 Å². The molecule has 0 N–H and O–H groups in total. The highest BCUT2D eigenvalue weighted by Crippen LogP contribution is 2.20. The Hall–Kier alpha value is -2.66. The third-order valence-corrected chi connectivity index (χ3v) is 5.59. The first-order chi connectivity index (χ1) is 14.3. The van der Waals surface area contributed by atoms with Crippen molar-refractivity contribution in [3.63, 3.8) is 0 Å². The number of carbonyl (C=O) groups is 1. The normalized spacial score (nSPS) is 20.3. The molecule has 0 radical (unpaired) electrons. The third kappa shape index (κ3) is 5.45. The molecular weight excluding hydrogens is 362 g/mol. The van der Waals surface area contributed by atoms with Crippen LogP contribution in [0.2, 0.25) is 0 Å². The van der Waals surface area contributed by atoms with Gasteiger partial charge in [0, 0.05) is 44.5 Å². The van der Waals surface area contributed by atoms with Crippen LogP contribution in [0.15, 0.2) is 60.8 Å². The molecule has 2 aromatic rings. The Kier molecular flexibility index (Phi) is 6.57. The zero-order chi connectivity index (χ0) is 19.9. The van der Waals surface area contributed by atoms with E-state index in [1.165, 1.54) is 6.42 Å². The Morgan fingerprint density at radius 2 is 1.93 bits per heavy atom. The molecule has 0 spiro atoms. The van der Waals surface area contributed by atoms with Gasteiger partial charge in [-0.2, -0.15) is 0 Å². The number of benzene rings is 1. The van der Waals surface area contributed by atoms with Crippen LogP contribution in [0.5, 0.6) is 5.75 Å². The molecule has 2 aliphatic rings. The summed E-state index contributed by atoms with van der Waals surface area (Å²) in [5.74, 6) is 0.935. The van der Waals surface area contributed by atoms with Crippen LogP contribution < -0.4 is 4.74 Å². The summed E-state index contributed by atoms with van der Waals surface area (Å²) in [6.45, 7) is 4.24. The molecule has 1 aliphatic carbocycles. The largest absolute Gasteiger partial charge is 0.486 e. The number of nitrogens with zero attached hydrogens (tertiary/aromatic N) is 3. The Morgan fingerprint density at radius 3 is 2.69 bits per heavy atom. The highest BCUT2D eigenvalue weighted by atomic mass is 16.5. The van der Waals surface area contributed by atoms with Gasteiger partial charge in [-0.3, -0.25) is 14.7 Å². The van der Waals surface area contributed by atoms with E-state index in [-0.39, 0.29) is 12.0 Å². The number of hydrogen-bond acceptors (Lipinski definition) is 4. The lowest BCUT2D eigenvalue weighted by Gasteiger charge is -2.22. The van der Waals surface area contributed by atoms with Gasteiger partial charge in [0.1, 0.15) is 11.9 Å². The molecule has 1 aromatic carbocycles. The van der Waals surface area contributed by atoms with Crippen molar-refractivity contribution in [3.05, 3.63) is 72.1 Å². The second-order valence-corrected chi connectivity index (χ2v) is 7.78. The van der Waals surface area contributed by atoms with Gasteiger partial charge in [0.25, 0.3) is 5.91 Å². The minimum atomic E-state index is 0.105. The van der Waals surface area contributed by atoms with E-state index < -0.39 is 0 Å². The maximum atomic E-state index is 13.0. The summed E-state index contributed by atoms with van der Waals surface area (Å²) >= 11 is 0. The quantitative estimate of drug-likeness (QED) is 0.725. The molecule has 0 bridgehead atoms. The van der Waals surface area contributed by atoms with Crippen LogP contribution in [-0.4, -0.2) is 53.0 Å². The summed E-state index contributed by atoms with van der Waals surface area (Å²) in [4.78, 5) is 21.7. The number of amides is 1. The highest BCUT2D eigenvalue weighted by Gasteiger charge is 2.21. The number of hydrogen-bond donors (Lipinski definition) is 0. The molecule has 0 saturated carbocycles. The van der Waals surface area contributed by atoms with Crippen molar-refractivity contribution < 1.29 is 9.53 Å². The average molecular weight is 392 g/mol. The van der Waals surface area contributed by atoms with Crippen molar-refractivity contribution in [2.24, 2.45) is 0 Å². The number of rotatable bonds is 5. The minimum Gasteiger partial charge on any atom is -0.486 e. The van der Waals surface area contributed by atoms with Crippen molar-refractivity contribution in [2.45, 2.75) is 38.3 Å². The van der Waals surface area contributed by atoms with Crippen LogP contribution >= 0.6 is 0 Å². The smallest absolute Gasteiger partial charge is 0.253 e. The first-order valence-corrected chi connectivity index (χ1v) is 10.6. The second kappa shape index (κ2) is 9.70. The summed E-state index contributed by atoms with van der Waals surface area (Å²) in [5, 5.41) is 0. The molecule has 4 rings (SSSR count). The number of allylic oxidation sites excluding steroid dienone is 1. The third-order valence-electron chi connectivity index (χ3n) is 5.59. The summed E-state index contributed by atoms with van der Waals surface area (Å²) in [7, 11) is 0. The first-order valence-electron chi connectivity index (χ1n) is 10.6. The van der Waals surface area contributed by atoms with E-state index in [0.717, 1.165) is 69.0 Å². The summed E-state index contributed by atoms with van der Waals surface area (Å²) in [5.41, 5.74) is 1.81. The van der Waals surface area contributed by atoms with Crippen LogP contribution in [0.3, 0.4) is 0 Å². The van der Waals surface area contributed by atoms with Crippen LogP contribution in [-0.2, 0) is 6.54 Å². The summed E-state index contributed by atoms with van der Waals surface area (Å²) in [6, 6.07) is 13.6. The van der Waals surface area contributed by atoms with Crippen LogP contribution in [0.25, 0.3) is 0 Å². The minimum absolute atomic E-state index is 0.105. The molecule has 2 heterocycles. The van der Waals surface area contributed by atoms with Gasteiger partial charge in [-0.05, 0) is 68.2 Å². The van der Waals surface area contributed by atoms with Gasteiger partial charge in [0.2, 0.25) is 0 Å². The summed E-state index contributed by atoms with van der Waals surface area (Å²) < 4.78 is 6.00. The summed E-state index contributed by atoms with van der Waals surface area (Å²) in [6.07, 6.45) is 10.7. The van der Waals surface area contributed by atoms with Gasteiger partial charge >= 0.3 is 0 Å². The zero-order valence-corrected chi connectivity index (χ0v) is 16.9. The molecule has 5 heteroatoms. The maximum Gasteiger partial charge on any atom is 0.253 e. The molecule has 1 fully saturated rings. The van der Waals surface area contributed by atoms with E-state index in [1.54, 1.807) is 0 Å². The van der Waals surface area contributed by atoms with E-state index in [9.17, 15) is 4.79 Å². The fourth-order valence-electron chi connectivity index (χ4n) is 3.97. The van der Waals surface area contributed by atoms with Crippen molar-refractivity contribution in [2.75, 3.05) is 26.2 Å². The molecule has 5 nitrogen and oxygen atoms in total. The monoisotopic (exact) mass is 391 g/mol. The number of ether oxygens (including phenoxy) is 1. The fraction of sp³-hybridized carbons (Fsp3) is 0.417. The molecular formula is C24H29N3O2. The predicted molar refractivity (Wildman–Crippen MR) is 114 cm³/mol. The molecule has 1 saturated heterocycles. The van der Waals surface area contributed by atoms with E-state index >= 15 is 0 Å². The molecule has 1 aliphatic heterocycles. The van der Waals surface area contributed by atoms with Gasteiger partial charge in [0.05, 0.1) is 5.69 Å². The molecule has 1 aromatic heterocycles. The Morgan fingerprint density at radius 1 is 1.03 bits per heavy atom. The standard InChI is InChI=1S/C24H29N3O2/c28-24(20-10-12-23(13-11-20)29-22-8-2-1-3-9-22)27-16-6-15-26(17-18-27)19-21-7-4-5-14-25-21/h2,4-5,7-8,10-14,22H,1,3,6,9,15-19H2. The number of pyridine rings is 1. The fourth-order valence-corrected chi connectivity index (χ4v) is 3.97. The Balaban J connectivity index is 1.32. The Bertz CT molecular complexity index is 820. The van der Waals surface area contributed by atoms with E-state index in [1.807, 2.05) is 47.5 Å². The first kappa shape index (κ1) is 19.6. The number of aromatic nitrogens is 1. The molecule has 152 valence electrons. The highest BCUT2D eigenvalue weighted by molar-refractivity contribution is 5.94.